The molecule has 1 aromatic rings. The highest BCUT2D eigenvalue weighted by Gasteiger charge is 2.22. The lowest BCUT2D eigenvalue weighted by molar-refractivity contribution is 0.0908. The number of hydrogen-bond donors (Lipinski definition) is 2. The molecule has 100 valence electrons. The third kappa shape index (κ3) is 3.63. The summed E-state index contributed by atoms with van der Waals surface area (Å²) in [7, 11) is 1.45. The van der Waals surface area contributed by atoms with Crippen LogP contribution < -0.4 is 10.1 Å². The van der Waals surface area contributed by atoms with Gasteiger partial charge in [0.2, 0.25) is 0 Å². The standard InChI is InChI=1S/C13H18BrNO3/c1-13(2,7-8-14)15-12(17)9-5-4-6-10(18-3)11(9)16/h4-6,16H,7-8H2,1-3H3,(H,15,17). The highest BCUT2D eigenvalue weighted by atomic mass is 79.9. The van der Waals surface area contributed by atoms with Gasteiger partial charge in [0.1, 0.15) is 0 Å². The van der Waals surface area contributed by atoms with Crippen molar-refractivity contribution in [3.8, 4) is 11.5 Å². The second-order valence-corrected chi connectivity index (χ2v) is 5.43. The number of phenols is 1. The first-order chi connectivity index (χ1) is 8.41. The maximum Gasteiger partial charge on any atom is 0.255 e. The highest BCUT2D eigenvalue weighted by molar-refractivity contribution is 9.09. The topological polar surface area (TPSA) is 58.6 Å². The van der Waals surface area contributed by atoms with Gasteiger partial charge in [-0.05, 0) is 32.4 Å². The second kappa shape index (κ2) is 6.09. The minimum absolute atomic E-state index is 0.132. The smallest absolute Gasteiger partial charge is 0.255 e. The molecule has 0 radical (unpaired) electrons. The molecule has 0 aliphatic carbocycles. The lowest BCUT2D eigenvalue weighted by atomic mass is 10.0. The van der Waals surface area contributed by atoms with E-state index in [9.17, 15) is 9.90 Å². The number of rotatable bonds is 5. The van der Waals surface area contributed by atoms with Crippen LogP contribution in [0.25, 0.3) is 0 Å². The number of halogens is 1. The first kappa shape index (κ1) is 14.8. The molecule has 0 spiro atoms. The Bertz CT molecular complexity index is 432. The number of para-hydroxylation sites is 1. The molecule has 0 bridgehead atoms. The normalized spacial score (nSPS) is 11.1. The number of nitrogens with one attached hydrogen (secondary N) is 1. The summed E-state index contributed by atoms with van der Waals surface area (Å²) in [5.74, 6) is -0.148. The lowest BCUT2D eigenvalue weighted by Gasteiger charge is -2.25. The SMILES string of the molecule is COc1cccc(C(=O)NC(C)(C)CCBr)c1O. The van der Waals surface area contributed by atoms with Gasteiger partial charge in [0, 0.05) is 10.9 Å². The molecular weight excluding hydrogens is 298 g/mol. The molecule has 1 rings (SSSR count). The predicted molar refractivity (Wildman–Crippen MR) is 74.6 cm³/mol. The van der Waals surface area contributed by atoms with Gasteiger partial charge in [-0.25, -0.2) is 0 Å². The average Bonchev–Trinajstić information content (AvgIpc) is 2.28. The molecule has 0 fully saturated rings. The van der Waals surface area contributed by atoms with Crippen molar-refractivity contribution in [3.63, 3.8) is 0 Å². The van der Waals surface area contributed by atoms with Crippen LogP contribution in [0.15, 0.2) is 18.2 Å². The van der Waals surface area contributed by atoms with Gasteiger partial charge in [-0.15, -0.1) is 0 Å². The van der Waals surface area contributed by atoms with E-state index in [-0.39, 0.29) is 22.8 Å². The molecule has 0 aliphatic heterocycles. The molecule has 5 heteroatoms. The summed E-state index contributed by atoms with van der Waals surface area (Å²) in [6, 6.07) is 4.85. The monoisotopic (exact) mass is 315 g/mol. The van der Waals surface area contributed by atoms with Gasteiger partial charge in [0.25, 0.3) is 5.91 Å². The van der Waals surface area contributed by atoms with E-state index in [1.54, 1.807) is 18.2 Å². The maximum atomic E-state index is 12.1. The van der Waals surface area contributed by atoms with E-state index in [0.717, 1.165) is 11.8 Å². The van der Waals surface area contributed by atoms with Crippen molar-refractivity contribution in [2.75, 3.05) is 12.4 Å². The Kier molecular flexibility index (Phi) is 5.02. The molecular formula is C13H18BrNO3. The van der Waals surface area contributed by atoms with Gasteiger partial charge in [0.05, 0.1) is 12.7 Å². The number of phenolic OH excluding ortho intramolecular Hbond substituents is 1. The van der Waals surface area contributed by atoms with E-state index in [2.05, 4.69) is 21.2 Å². The van der Waals surface area contributed by atoms with Gasteiger partial charge < -0.3 is 15.2 Å². The van der Waals surface area contributed by atoms with Crippen LogP contribution in [-0.2, 0) is 0 Å². The van der Waals surface area contributed by atoms with Crippen molar-refractivity contribution in [2.45, 2.75) is 25.8 Å². The molecule has 4 nitrogen and oxygen atoms in total. The van der Waals surface area contributed by atoms with Gasteiger partial charge in [-0.3, -0.25) is 4.79 Å². The predicted octanol–water partition coefficient (Wildman–Crippen LogP) is 2.69. The summed E-state index contributed by atoms with van der Waals surface area (Å²) in [4.78, 5) is 12.1. The number of alkyl halides is 1. The van der Waals surface area contributed by atoms with Gasteiger partial charge in [-0.2, -0.15) is 0 Å². The number of methoxy groups -OCH3 is 1. The maximum absolute atomic E-state index is 12.1. The van der Waals surface area contributed by atoms with Crippen molar-refractivity contribution < 1.29 is 14.6 Å². The summed E-state index contributed by atoms with van der Waals surface area (Å²) >= 11 is 3.35. The zero-order valence-electron chi connectivity index (χ0n) is 10.8. The minimum atomic E-state index is -0.337. The molecule has 0 saturated heterocycles. The Labute approximate surface area is 115 Å². The molecule has 0 aromatic heterocycles. The highest BCUT2D eigenvalue weighted by Crippen LogP contribution is 2.29. The summed E-state index contributed by atoms with van der Waals surface area (Å²) in [6.07, 6.45) is 0.795. The molecule has 0 heterocycles. The van der Waals surface area contributed by atoms with Crippen LogP contribution in [0.3, 0.4) is 0 Å². The first-order valence-electron chi connectivity index (χ1n) is 5.65. The third-order valence-corrected chi connectivity index (χ3v) is 3.03. The van der Waals surface area contributed by atoms with Crippen LogP contribution in [0.2, 0.25) is 0 Å². The molecule has 0 aliphatic rings. The van der Waals surface area contributed by atoms with Crippen LogP contribution in [0, 0.1) is 0 Å². The summed E-state index contributed by atoms with van der Waals surface area (Å²) in [6.45, 7) is 3.87. The Morgan fingerprint density at radius 3 is 2.72 bits per heavy atom. The Balaban J connectivity index is 2.91. The summed E-state index contributed by atoms with van der Waals surface area (Å²) < 4.78 is 4.98. The largest absolute Gasteiger partial charge is 0.504 e. The number of ether oxygens (including phenoxy) is 1. The fraction of sp³-hybridized carbons (Fsp3) is 0.462. The first-order valence-corrected chi connectivity index (χ1v) is 6.78. The number of aromatic hydroxyl groups is 1. The van der Waals surface area contributed by atoms with E-state index in [1.165, 1.54) is 7.11 Å². The molecule has 2 N–H and O–H groups in total. The average molecular weight is 316 g/mol. The molecule has 1 aromatic carbocycles. The van der Waals surface area contributed by atoms with Crippen LogP contribution in [-0.4, -0.2) is 29.0 Å². The number of carbonyl (C=O) groups excluding carboxylic acids is 1. The minimum Gasteiger partial charge on any atom is -0.504 e. The number of benzene rings is 1. The van der Waals surface area contributed by atoms with Gasteiger partial charge in [0.15, 0.2) is 11.5 Å². The fourth-order valence-electron chi connectivity index (χ4n) is 1.54. The molecule has 1 amide bonds. The lowest BCUT2D eigenvalue weighted by Crippen LogP contribution is -2.43. The van der Waals surface area contributed by atoms with E-state index in [4.69, 9.17) is 4.74 Å². The fourth-order valence-corrected chi connectivity index (χ4v) is 2.53. The van der Waals surface area contributed by atoms with Crippen molar-refractivity contribution >= 4 is 21.8 Å². The van der Waals surface area contributed by atoms with Crippen molar-refractivity contribution in [1.29, 1.82) is 0 Å². The van der Waals surface area contributed by atoms with Crippen LogP contribution in [0.1, 0.15) is 30.6 Å². The van der Waals surface area contributed by atoms with Crippen molar-refractivity contribution in [2.24, 2.45) is 0 Å². The molecule has 0 unspecified atom stereocenters. The van der Waals surface area contributed by atoms with Crippen LogP contribution in [0.4, 0.5) is 0 Å². The zero-order chi connectivity index (χ0) is 13.8. The number of hydrogen-bond acceptors (Lipinski definition) is 3. The van der Waals surface area contributed by atoms with Gasteiger partial charge in [-0.1, -0.05) is 22.0 Å². The van der Waals surface area contributed by atoms with Gasteiger partial charge >= 0.3 is 0 Å². The van der Waals surface area contributed by atoms with E-state index in [1.807, 2.05) is 13.8 Å². The molecule has 0 atom stereocenters. The Hall–Kier alpha value is -1.23. The third-order valence-electron chi connectivity index (χ3n) is 2.63. The van der Waals surface area contributed by atoms with E-state index >= 15 is 0 Å². The van der Waals surface area contributed by atoms with Crippen LogP contribution >= 0.6 is 15.9 Å². The number of carbonyl (C=O) groups is 1. The summed E-state index contributed by atoms with van der Waals surface area (Å²) in [5.41, 5.74) is -0.118. The van der Waals surface area contributed by atoms with Crippen molar-refractivity contribution in [1.82, 2.24) is 5.32 Å². The zero-order valence-corrected chi connectivity index (χ0v) is 12.4. The van der Waals surface area contributed by atoms with Crippen LogP contribution in [0.5, 0.6) is 11.5 Å². The quantitative estimate of drug-likeness (QED) is 0.821. The van der Waals surface area contributed by atoms with Crippen molar-refractivity contribution in [3.05, 3.63) is 23.8 Å². The Morgan fingerprint density at radius 2 is 2.17 bits per heavy atom. The van der Waals surface area contributed by atoms with E-state index in [0.29, 0.717) is 5.75 Å². The Morgan fingerprint density at radius 1 is 1.50 bits per heavy atom. The molecule has 18 heavy (non-hydrogen) atoms. The number of amides is 1. The van der Waals surface area contributed by atoms with E-state index < -0.39 is 0 Å². The second-order valence-electron chi connectivity index (χ2n) is 4.63. The summed E-state index contributed by atoms with van der Waals surface area (Å²) in [5, 5.41) is 13.6. The molecule has 0 saturated carbocycles.